The molecule has 5 nitrogen and oxygen atoms in total. The number of hydrogen-bond acceptors (Lipinski definition) is 5. The molecule has 3 heterocycles. The van der Waals surface area contributed by atoms with E-state index in [2.05, 4.69) is 32.9 Å². The third kappa shape index (κ3) is 4.10. The lowest BCUT2D eigenvalue weighted by molar-refractivity contribution is -0.121. The van der Waals surface area contributed by atoms with Crippen LogP contribution in [0.15, 0.2) is 23.6 Å². The van der Waals surface area contributed by atoms with Crippen LogP contribution in [0.25, 0.3) is 10.6 Å². The summed E-state index contributed by atoms with van der Waals surface area (Å²) in [4.78, 5) is 18.8. The van der Waals surface area contributed by atoms with Crippen molar-refractivity contribution in [2.24, 2.45) is 0 Å². The number of thiazole rings is 1. The van der Waals surface area contributed by atoms with Crippen LogP contribution in [0.1, 0.15) is 27.7 Å². The van der Waals surface area contributed by atoms with Gasteiger partial charge in [-0.05, 0) is 39.0 Å². The van der Waals surface area contributed by atoms with Gasteiger partial charge in [0.25, 0.3) is 0 Å². The van der Waals surface area contributed by atoms with Crippen molar-refractivity contribution >= 4 is 28.6 Å². The van der Waals surface area contributed by atoms with E-state index in [4.69, 9.17) is 0 Å². The lowest BCUT2D eigenvalue weighted by atomic mass is 10.3. The summed E-state index contributed by atoms with van der Waals surface area (Å²) in [5.74, 6) is 0.0435. The molecule has 3 aromatic heterocycles. The van der Waals surface area contributed by atoms with E-state index < -0.39 is 0 Å². The van der Waals surface area contributed by atoms with Gasteiger partial charge in [0.15, 0.2) is 0 Å². The SMILES string of the molecule is Cc1cc(C)n(CCC(=O)NCc2ccc(-c3csc(C)n3)s2)n1. The summed E-state index contributed by atoms with van der Waals surface area (Å²) in [5, 5.41) is 10.5. The zero-order valence-electron chi connectivity index (χ0n) is 14.0. The van der Waals surface area contributed by atoms with Crippen LogP contribution in [0.3, 0.4) is 0 Å². The summed E-state index contributed by atoms with van der Waals surface area (Å²) in [6, 6.07) is 6.14. The van der Waals surface area contributed by atoms with Crippen LogP contribution in [0.4, 0.5) is 0 Å². The molecule has 24 heavy (non-hydrogen) atoms. The lowest BCUT2D eigenvalue weighted by Crippen LogP contribution is -2.23. The number of carbonyl (C=O) groups is 1. The second-order valence-corrected chi connectivity index (χ2v) is 7.93. The molecule has 0 aliphatic heterocycles. The molecule has 7 heteroatoms. The van der Waals surface area contributed by atoms with E-state index in [0.717, 1.165) is 31.8 Å². The van der Waals surface area contributed by atoms with Gasteiger partial charge in [-0.2, -0.15) is 5.10 Å². The molecule has 1 amide bonds. The third-order valence-electron chi connectivity index (χ3n) is 3.65. The Morgan fingerprint density at radius 2 is 2.12 bits per heavy atom. The lowest BCUT2D eigenvalue weighted by Gasteiger charge is -2.05. The molecule has 1 N–H and O–H groups in total. The molecule has 0 saturated carbocycles. The molecule has 0 atom stereocenters. The number of aryl methyl sites for hydroxylation is 4. The molecule has 0 saturated heterocycles. The first-order valence-corrected chi connectivity index (χ1v) is 9.50. The van der Waals surface area contributed by atoms with Gasteiger partial charge in [-0.25, -0.2) is 4.98 Å². The van der Waals surface area contributed by atoms with Gasteiger partial charge in [-0.3, -0.25) is 9.48 Å². The van der Waals surface area contributed by atoms with Crippen LogP contribution in [0, 0.1) is 20.8 Å². The summed E-state index contributed by atoms with van der Waals surface area (Å²) in [6.45, 7) is 7.14. The van der Waals surface area contributed by atoms with E-state index in [1.165, 1.54) is 0 Å². The molecule has 0 fully saturated rings. The van der Waals surface area contributed by atoms with Gasteiger partial charge in [0.2, 0.25) is 5.91 Å². The Morgan fingerprint density at radius 3 is 2.79 bits per heavy atom. The Bertz CT molecular complexity index is 847. The molecule has 0 unspecified atom stereocenters. The zero-order chi connectivity index (χ0) is 17.1. The van der Waals surface area contributed by atoms with Crippen molar-refractivity contribution in [1.29, 1.82) is 0 Å². The molecule has 3 rings (SSSR count). The number of thiophene rings is 1. The fourth-order valence-corrected chi connectivity index (χ4v) is 4.07. The minimum Gasteiger partial charge on any atom is -0.351 e. The maximum atomic E-state index is 12.0. The summed E-state index contributed by atoms with van der Waals surface area (Å²) >= 11 is 3.33. The fraction of sp³-hybridized carbons (Fsp3) is 0.353. The topological polar surface area (TPSA) is 59.8 Å². The molecule has 0 aromatic carbocycles. The molecule has 126 valence electrons. The summed E-state index contributed by atoms with van der Waals surface area (Å²) < 4.78 is 1.88. The maximum absolute atomic E-state index is 12.0. The largest absolute Gasteiger partial charge is 0.351 e. The molecule has 0 aliphatic rings. The van der Waals surface area contributed by atoms with E-state index >= 15 is 0 Å². The van der Waals surface area contributed by atoms with Crippen molar-refractivity contribution in [1.82, 2.24) is 20.1 Å². The van der Waals surface area contributed by atoms with Crippen LogP contribution < -0.4 is 5.32 Å². The standard InChI is InChI=1S/C17H20N4OS2/c1-11-8-12(2)21(20-11)7-6-17(22)18-9-14-4-5-16(24-14)15-10-23-13(3)19-15/h4-5,8,10H,6-7,9H2,1-3H3,(H,18,22). The quantitative estimate of drug-likeness (QED) is 0.729. The van der Waals surface area contributed by atoms with Gasteiger partial charge < -0.3 is 5.32 Å². The first-order valence-electron chi connectivity index (χ1n) is 7.80. The molecule has 0 radical (unpaired) electrons. The molecule has 0 spiro atoms. The fourth-order valence-electron chi connectivity index (χ4n) is 2.47. The number of nitrogens with zero attached hydrogens (tertiary/aromatic N) is 3. The number of nitrogens with one attached hydrogen (secondary N) is 1. The third-order valence-corrected chi connectivity index (χ3v) is 5.53. The van der Waals surface area contributed by atoms with Crippen LogP contribution >= 0.6 is 22.7 Å². The van der Waals surface area contributed by atoms with Crippen LogP contribution in [0.2, 0.25) is 0 Å². The first kappa shape index (κ1) is 16.9. The average molecular weight is 361 g/mol. The molecular weight excluding hydrogens is 340 g/mol. The van der Waals surface area contributed by atoms with Crippen molar-refractivity contribution in [2.45, 2.75) is 40.3 Å². The van der Waals surface area contributed by atoms with Gasteiger partial charge in [0.1, 0.15) is 0 Å². The number of rotatable bonds is 6. The minimum atomic E-state index is 0.0435. The van der Waals surface area contributed by atoms with E-state index in [1.54, 1.807) is 22.7 Å². The Balaban J connectivity index is 1.49. The van der Waals surface area contributed by atoms with Crippen molar-refractivity contribution in [2.75, 3.05) is 0 Å². The molecule has 3 aromatic rings. The van der Waals surface area contributed by atoms with Crippen molar-refractivity contribution in [3.8, 4) is 10.6 Å². The van der Waals surface area contributed by atoms with E-state index in [9.17, 15) is 4.79 Å². The Kier molecular flexibility index (Phi) is 5.11. The molecule has 0 aliphatic carbocycles. The Labute approximate surface area is 149 Å². The van der Waals surface area contributed by atoms with Gasteiger partial charge in [-0.1, -0.05) is 0 Å². The smallest absolute Gasteiger partial charge is 0.222 e. The van der Waals surface area contributed by atoms with Gasteiger partial charge in [0, 0.05) is 28.9 Å². The molecular formula is C17H20N4OS2. The van der Waals surface area contributed by atoms with E-state index in [0.29, 0.717) is 19.5 Å². The number of carbonyl (C=O) groups excluding carboxylic acids is 1. The van der Waals surface area contributed by atoms with Gasteiger partial charge in [0.05, 0.1) is 27.8 Å². The second kappa shape index (κ2) is 7.27. The zero-order valence-corrected chi connectivity index (χ0v) is 15.6. The number of hydrogen-bond donors (Lipinski definition) is 1. The normalized spacial score (nSPS) is 11.0. The van der Waals surface area contributed by atoms with Crippen molar-refractivity contribution in [3.63, 3.8) is 0 Å². The van der Waals surface area contributed by atoms with Crippen LogP contribution in [-0.4, -0.2) is 20.7 Å². The monoisotopic (exact) mass is 360 g/mol. The predicted molar refractivity (Wildman–Crippen MR) is 98.3 cm³/mol. The highest BCUT2D eigenvalue weighted by Gasteiger charge is 2.08. The van der Waals surface area contributed by atoms with Crippen LogP contribution in [0.5, 0.6) is 0 Å². The predicted octanol–water partition coefficient (Wildman–Crippen LogP) is 3.70. The van der Waals surface area contributed by atoms with Crippen molar-refractivity contribution < 1.29 is 4.79 Å². The number of amides is 1. The molecule has 0 bridgehead atoms. The minimum absolute atomic E-state index is 0.0435. The summed E-state index contributed by atoms with van der Waals surface area (Å²) in [6.07, 6.45) is 0.436. The van der Waals surface area contributed by atoms with E-state index in [-0.39, 0.29) is 5.91 Å². The number of aromatic nitrogens is 3. The van der Waals surface area contributed by atoms with Gasteiger partial charge in [-0.15, -0.1) is 22.7 Å². The highest BCUT2D eigenvalue weighted by molar-refractivity contribution is 7.16. The Hall–Kier alpha value is -1.99. The van der Waals surface area contributed by atoms with E-state index in [1.807, 2.05) is 31.5 Å². The summed E-state index contributed by atoms with van der Waals surface area (Å²) in [5.41, 5.74) is 3.09. The van der Waals surface area contributed by atoms with Crippen LogP contribution in [-0.2, 0) is 17.9 Å². The van der Waals surface area contributed by atoms with Gasteiger partial charge >= 0.3 is 0 Å². The Morgan fingerprint density at radius 1 is 1.29 bits per heavy atom. The highest BCUT2D eigenvalue weighted by Crippen LogP contribution is 2.28. The first-order chi connectivity index (χ1) is 11.5. The maximum Gasteiger partial charge on any atom is 0.222 e. The van der Waals surface area contributed by atoms with Crippen molar-refractivity contribution in [3.05, 3.63) is 44.9 Å². The second-order valence-electron chi connectivity index (χ2n) is 5.69. The average Bonchev–Trinajstić information content (AvgIpc) is 3.23. The highest BCUT2D eigenvalue weighted by atomic mass is 32.1. The summed E-state index contributed by atoms with van der Waals surface area (Å²) in [7, 11) is 0.